The quantitative estimate of drug-likeness (QED) is 0.0828. The van der Waals surface area contributed by atoms with E-state index < -0.39 is 12.2 Å². The number of ether oxygens (including phenoxy) is 2. The highest BCUT2D eigenvalue weighted by Crippen LogP contribution is 2.46. The van der Waals surface area contributed by atoms with Crippen LogP contribution in [0.15, 0.2) is 30.3 Å². The molecule has 0 aromatic heterocycles. The number of phenols is 4. The lowest BCUT2D eigenvalue weighted by Crippen LogP contribution is -2.34. The maximum absolute atomic E-state index is 12.7. The molecule has 3 rings (SSSR count). The van der Waals surface area contributed by atoms with Gasteiger partial charge in [0.25, 0.3) is 0 Å². The standard InChI is InChI=1S/C33H48O7/c1-2-3-4-5-6-7-8-9-10-11-12-13-14-15-16-17-30(37)39-29-23-25-19-21-27(35)31(38)33(25)40-32(29)24-18-20-26(34)28(36)22-24/h18-22,29,32,34-36,38H,2-17,23H2,1H3/t29-,32+/m1/s1. The van der Waals surface area contributed by atoms with Gasteiger partial charge in [0.15, 0.2) is 29.1 Å². The van der Waals surface area contributed by atoms with Gasteiger partial charge in [0.1, 0.15) is 6.10 Å². The van der Waals surface area contributed by atoms with Gasteiger partial charge in [-0.15, -0.1) is 0 Å². The second-order valence-electron chi connectivity index (χ2n) is 11.1. The van der Waals surface area contributed by atoms with Crippen LogP contribution in [0.1, 0.15) is 127 Å². The van der Waals surface area contributed by atoms with E-state index in [0.29, 0.717) is 17.5 Å². The molecule has 40 heavy (non-hydrogen) atoms. The highest BCUT2D eigenvalue weighted by atomic mass is 16.6. The Morgan fingerprint density at radius 3 is 1.88 bits per heavy atom. The molecule has 0 spiro atoms. The highest BCUT2D eigenvalue weighted by Gasteiger charge is 2.36. The van der Waals surface area contributed by atoms with Gasteiger partial charge in [-0.25, -0.2) is 0 Å². The Kier molecular flexibility index (Phi) is 13.3. The molecule has 1 aliphatic heterocycles. The Morgan fingerprint density at radius 1 is 0.750 bits per heavy atom. The van der Waals surface area contributed by atoms with Crippen LogP contribution >= 0.6 is 0 Å². The third-order valence-electron chi connectivity index (χ3n) is 7.79. The number of carbonyl (C=O) groups is 1. The molecule has 0 radical (unpaired) electrons. The van der Waals surface area contributed by atoms with Gasteiger partial charge in [-0.05, 0) is 24.6 Å². The van der Waals surface area contributed by atoms with E-state index in [2.05, 4.69) is 6.92 Å². The van der Waals surface area contributed by atoms with Crippen LogP contribution in [0.5, 0.6) is 28.7 Å². The monoisotopic (exact) mass is 556 g/mol. The molecule has 0 fully saturated rings. The molecule has 0 aliphatic carbocycles. The third-order valence-corrected chi connectivity index (χ3v) is 7.79. The highest BCUT2D eigenvalue weighted by molar-refractivity contribution is 5.70. The fourth-order valence-electron chi connectivity index (χ4n) is 5.39. The number of rotatable bonds is 18. The topological polar surface area (TPSA) is 116 Å². The summed E-state index contributed by atoms with van der Waals surface area (Å²) in [5, 5.41) is 39.9. The number of hydrogen-bond donors (Lipinski definition) is 4. The molecule has 7 nitrogen and oxygen atoms in total. The molecule has 1 heterocycles. The molecule has 4 N–H and O–H groups in total. The Labute approximate surface area is 239 Å². The maximum atomic E-state index is 12.7. The normalized spacial score (nSPS) is 16.3. The predicted octanol–water partition coefficient (Wildman–Crippen LogP) is 8.36. The molecule has 2 atom stereocenters. The summed E-state index contributed by atoms with van der Waals surface area (Å²) < 4.78 is 11.8. The first kappa shape index (κ1) is 31.4. The summed E-state index contributed by atoms with van der Waals surface area (Å²) in [6.45, 7) is 2.26. The molecule has 0 unspecified atom stereocenters. The first-order chi connectivity index (χ1) is 19.4. The van der Waals surface area contributed by atoms with E-state index in [1.54, 1.807) is 12.1 Å². The van der Waals surface area contributed by atoms with Crippen molar-refractivity contribution in [3.8, 4) is 28.7 Å². The third kappa shape index (κ3) is 9.83. The van der Waals surface area contributed by atoms with Crippen molar-refractivity contribution < 1.29 is 34.7 Å². The zero-order valence-corrected chi connectivity index (χ0v) is 24.1. The summed E-state index contributed by atoms with van der Waals surface area (Å²) in [5.74, 6) is -1.49. The molecule has 7 heteroatoms. The number of benzene rings is 2. The number of phenolic OH excluding ortho intramolecular Hbond substituents is 4. The number of carbonyl (C=O) groups excluding carboxylic acids is 1. The minimum absolute atomic E-state index is 0.118. The van der Waals surface area contributed by atoms with Crippen LogP contribution in [0.4, 0.5) is 0 Å². The van der Waals surface area contributed by atoms with Crippen LogP contribution in [-0.4, -0.2) is 32.5 Å². The van der Waals surface area contributed by atoms with Crippen LogP contribution in [0.25, 0.3) is 0 Å². The van der Waals surface area contributed by atoms with E-state index in [-0.39, 0.29) is 41.1 Å². The van der Waals surface area contributed by atoms with Gasteiger partial charge in [0.05, 0.1) is 0 Å². The average Bonchev–Trinajstić information content (AvgIpc) is 2.94. The van der Waals surface area contributed by atoms with Gasteiger partial charge in [-0.2, -0.15) is 0 Å². The van der Waals surface area contributed by atoms with Gasteiger partial charge >= 0.3 is 5.97 Å². The van der Waals surface area contributed by atoms with E-state index in [4.69, 9.17) is 9.47 Å². The van der Waals surface area contributed by atoms with Crippen LogP contribution in [-0.2, 0) is 16.0 Å². The number of fused-ring (bicyclic) bond motifs is 1. The lowest BCUT2D eigenvalue weighted by atomic mass is 9.93. The minimum Gasteiger partial charge on any atom is -0.504 e. The molecule has 1 aliphatic rings. The second-order valence-corrected chi connectivity index (χ2v) is 11.1. The van der Waals surface area contributed by atoms with Gasteiger partial charge in [-0.1, -0.05) is 109 Å². The van der Waals surface area contributed by atoms with Crippen molar-refractivity contribution in [1.29, 1.82) is 0 Å². The zero-order valence-electron chi connectivity index (χ0n) is 24.1. The Bertz CT molecular complexity index is 1050. The van der Waals surface area contributed by atoms with Gasteiger partial charge in [0, 0.05) is 24.0 Å². The van der Waals surface area contributed by atoms with Crippen LogP contribution in [0.2, 0.25) is 0 Å². The summed E-state index contributed by atoms with van der Waals surface area (Å²) in [6.07, 6.45) is 18.0. The maximum Gasteiger partial charge on any atom is 0.306 e. The molecule has 222 valence electrons. The van der Waals surface area contributed by atoms with Crippen molar-refractivity contribution in [3.63, 3.8) is 0 Å². The first-order valence-electron chi connectivity index (χ1n) is 15.3. The molecule has 2 aromatic carbocycles. The van der Waals surface area contributed by atoms with E-state index in [0.717, 1.165) is 19.3 Å². The molecule has 0 bridgehead atoms. The molecular weight excluding hydrogens is 508 g/mol. The summed E-state index contributed by atoms with van der Waals surface area (Å²) in [6, 6.07) is 7.25. The van der Waals surface area contributed by atoms with Crippen molar-refractivity contribution in [3.05, 3.63) is 41.5 Å². The molecule has 0 amide bonds. The minimum atomic E-state index is -0.822. The van der Waals surface area contributed by atoms with Crippen molar-refractivity contribution in [2.45, 2.75) is 128 Å². The van der Waals surface area contributed by atoms with Crippen LogP contribution in [0, 0.1) is 0 Å². The summed E-state index contributed by atoms with van der Waals surface area (Å²) in [4.78, 5) is 12.7. The second kappa shape index (κ2) is 16.9. The Morgan fingerprint density at radius 2 is 1.30 bits per heavy atom. The van der Waals surface area contributed by atoms with Crippen molar-refractivity contribution in [1.82, 2.24) is 0 Å². The predicted molar refractivity (Wildman–Crippen MR) is 156 cm³/mol. The van der Waals surface area contributed by atoms with Crippen LogP contribution < -0.4 is 4.74 Å². The Hall–Kier alpha value is -3.09. The lowest BCUT2D eigenvalue weighted by molar-refractivity contribution is -0.155. The molecular formula is C33H48O7. The SMILES string of the molecule is CCCCCCCCCCCCCCCCCC(=O)O[C@@H]1Cc2ccc(O)c(O)c2O[C@H]1c1ccc(O)c(O)c1. The van der Waals surface area contributed by atoms with Crippen molar-refractivity contribution in [2.24, 2.45) is 0 Å². The number of aromatic hydroxyl groups is 4. The van der Waals surface area contributed by atoms with Crippen molar-refractivity contribution in [2.75, 3.05) is 0 Å². The fourth-order valence-corrected chi connectivity index (χ4v) is 5.39. The molecule has 2 aromatic rings. The lowest BCUT2D eigenvalue weighted by Gasteiger charge is -2.34. The number of esters is 1. The van der Waals surface area contributed by atoms with Gasteiger partial charge < -0.3 is 29.9 Å². The van der Waals surface area contributed by atoms with E-state index in [1.165, 1.54) is 95.2 Å². The summed E-state index contributed by atoms with van der Waals surface area (Å²) in [7, 11) is 0. The molecule has 0 saturated carbocycles. The first-order valence-corrected chi connectivity index (χ1v) is 15.3. The van der Waals surface area contributed by atoms with E-state index in [1.807, 2.05) is 0 Å². The smallest absolute Gasteiger partial charge is 0.306 e. The Balaban J connectivity index is 1.36. The van der Waals surface area contributed by atoms with Crippen molar-refractivity contribution >= 4 is 5.97 Å². The molecule has 0 saturated heterocycles. The van der Waals surface area contributed by atoms with E-state index in [9.17, 15) is 25.2 Å². The summed E-state index contributed by atoms with van der Waals surface area (Å²) in [5.41, 5.74) is 1.09. The zero-order chi connectivity index (χ0) is 28.7. The van der Waals surface area contributed by atoms with Crippen LogP contribution in [0.3, 0.4) is 0 Å². The van der Waals surface area contributed by atoms with Gasteiger partial charge in [0.2, 0.25) is 5.75 Å². The average molecular weight is 557 g/mol. The largest absolute Gasteiger partial charge is 0.504 e. The van der Waals surface area contributed by atoms with E-state index >= 15 is 0 Å². The number of unbranched alkanes of at least 4 members (excludes halogenated alkanes) is 14. The number of hydrogen-bond acceptors (Lipinski definition) is 7. The fraction of sp³-hybridized carbons (Fsp3) is 0.606. The van der Waals surface area contributed by atoms with Gasteiger partial charge in [-0.3, -0.25) is 4.79 Å². The summed E-state index contributed by atoms with van der Waals surface area (Å²) >= 11 is 0.